The van der Waals surface area contributed by atoms with E-state index in [9.17, 15) is 4.79 Å². The van der Waals surface area contributed by atoms with Crippen LogP contribution in [0, 0.1) is 11.5 Å². The molecule has 27 heavy (non-hydrogen) atoms. The van der Waals surface area contributed by atoms with Gasteiger partial charge in [-0.15, -0.1) is 0 Å². The highest BCUT2D eigenvalue weighted by atomic mass is 16.5. The third-order valence-electron chi connectivity index (χ3n) is 5.21. The molecule has 7 nitrogen and oxygen atoms in total. The number of nitrogens with zero attached hydrogens (tertiary/aromatic N) is 5. The highest BCUT2D eigenvalue weighted by Gasteiger charge is 2.30. The standard InChI is InChI=1S/C20H21N5O2/c1-27-16-4-2-3-15(11-16)20(26)25-6-5-17-18(12-22-13-19(17)25)24-9-7-23(14-21)8-10-24/h2-4,11-13H,5-10H2,1H3. The Morgan fingerprint density at radius 1 is 1.15 bits per heavy atom. The molecule has 0 radical (unpaired) electrons. The number of pyridine rings is 1. The van der Waals surface area contributed by atoms with E-state index in [1.807, 2.05) is 18.3 Å². The lowest BCUT2D eigenvalue weighted by molar-refractivity contribution is 0.0989. The van der Waals surface area contributed by atoms with E-state index < -0.39 is 0 Å². The molecule has 1 aromatic heterocycles. The summed E-state index contributed by atoms with van der Waals surface area (Å²) in [6.07, 6.45) is 6.66. The highest BCUT2D eigenvalue weighted by Crippen LogP contribution is 2.36. The van der Waals surface area contributed by atoms with Gasteiger partial charge in [0.1, 0.15) is 5.75 Å². The first-order valence-electron chi connectivity index (χ1n) is 9.03. The van der Waals surface area contributed by atoms with Crippen molar-refractivity contribution in [2.24, 2.45) is 0 Å². The predicted octanol–water partition coefficient (Wildman–Crippen LogP) is 1.90. The van der Waals surface area contributed by atoms with Crippen molar-refractivity contribution in [1.82, 2.24) is 9.88 Å². The Balaban J connectivity index is 1.59. The molecule has 1 saturated heterocycles. The second-order valence-corrected chi connectivity index (χ2v) is 6.67. The molecular weight excluding hydrogens is 342 g/mol. The van der Waals surface area contributed by atoms with Gasteiger partial charge in [-0.3, -0.25) is 9.78 Å². The van der Waals surface area contributed by atoms with Crippen molar-refractivity contribution in [3.63, 3.8) is 0 Å². The van der Waals surface area contributed by atoms with Gasteiger partial charge in [0, 0.05) is 43.9 Å². The van der Waals surface area contributed by atoms with Crippen LogP contribution in [0.2, 0.25) is 0 Å². The molecule has 2 aliphatic heterocycles. The van der Waals surface area contributed by atoms with Crippen LogP contribution in [0.1, 0.15) is 15.9 Å². The van der Waals surface area contributed by atoms with Crippen LogP contribution in [-0.2, 0) is 6.42 Å². The quantitative estimate of drug-likeness (QED) is 0.776. The van der Waals surface area contributed by atoms with Crippen molar-refractivity contribution in [1.29, 1.82) is 5.26 Å². The van der Waals surface area contributed by atoms with E-state index >= 15 is 0 Å². The normalized spacial score (nSPS) is 16.1. The summed E-state index contributed by atoms with van der Waals surface area (Å²) in [4.78, 5) is 23.3. The Bertz CT molecular complexity index is 899. The Morgan fingerprint density at radius 2 is 1.93 bits per heavy atom. The highest BCUT2D eigenvalue weighted by molar-refractivity contribution is 6.07. The molecule has 2 aliphatic rings. The fraction of sp³-hybridized carbons (Fsp3) is 0.350. The Kier molecular flexibility index (Phi) is 4.55. The van der Waals surface area contributed by atoms with Gasteiger partial charge in [-0.1, -0.05) is 6.07 Å². The van der Waals surface area contributed by atoms with E-state index in [2.05, 4.69) is 16.1 Å². The lowest BCUT2D eigenvalue weighted by Gasteiger charge is -2.34. The van der Waals surface area contributed by atoms with E-state index in [0.29, 0.717) is 30.9 Å². The fourth-order valence-electron chi connectivity index (χ4n) is 3.74. The maximum Gasteiger partial charge on any atom is 0.258 e. The minimum Gasteiger partial charge on any atom is -0.497 e. The lowest BCUT2D eigenvalue weighted by Crippen LogP contribution is -2.44. The van der Waals surface area contributed by atoms with Crippen molar-refractivity contribution in [3.05, 3.63) is 47.8 Å². The summed E-state index contributed by atoms with van der Waals surface area (Å²) >= 11 is 0. The van der Waals surface area contributed by atoms with Crippen molar-refractivity contribution in [2.45, 2.75) is 6.42 Å². The number of rotatable bonds is 3. The summed E-state index contributed by atoms with van der Waals surface area (Å²) in [5.41, 5.74) is 3.72. The van der Waals surface area contributed by atoms with Gasteiger partial charge in [0.15, 0.2) is 6.19 Å². The molecule has 0 spiro atoms. The summed E-state index contributed by atoms with van der Waals surface area (Å²) in [5.74, 6) is 0.628. The van der Waals surface area contributed by atoms with Gasteiger partial charge >= 0.3 is 0 Å². The number of hydrogen-bond acceptors (Lipinski definition) is 6. The number of carbonyl (C=O) groups excluding carboxylic acids is 1. The summed E-state index contributed by atoms with van der Waals surface area (Å²) in [6.45, 7) is 3.65. The molecule has 4 rings (SSSR count). The molecule has 0 bridgehead atoms. The van der Waals surface area contributed by atoms with Crippen molar-refractivity contribution < 1.29 is 9.53 Å². The number of aromatic nitrogens is 1. The minimum atomic E-state index is -0.0408. The number of methoxy groups -OCH3 is 1. The van der Waals surface area contributed by atoms with Gasteiger partial charge in [0.25, 0.3) is 5.91 Å². The first kappa shape index (κ1) is 17.2. The zero-order valence-electron chi connectivity index (χ0n) is 15.3. The molecule has 1 aromatic carbocycles. The molecule has 0 unspecified atom stereocenters. The summed E-state index contributed by atoms with van der Waals surface area (Å²) < 4.78 is 5.24. The van der Waals surface area contributed by atoms with Crippen molar-refractivity contribution in [2.75, 3.05) is 49.6 Å². The Labute approximate surface area is 158 Å². The molecule has 1 amide bonds. The van der Waals surface area contributed by atoms with Gasteiger partial charge < -0.3 is 19.4 Å². The summed E-state index contributed by atoms with van der Waals surface area (Å²) in [5, 5.41) is 9.04. The smallest absolute Gasteiger partial charge is 0.258 e. The van der Waals surface area contributed by atoms with Crippen LogP contribution in [0.15, 0.2) is 36.7 Å². The topological polar surface area (TPSA) is 72.7 Å². The van der Waals surface area contributed by atoms with E-state index in [1.54, 1.807) is 35.2 Å². The zero-order valence-corrected chi connectivity index (χ0v) is 15.3. The van der Waals surface area contributed by atoms with Crippen LogP contribution >= 0.6 is 0 Å². The third kappa shape index (κ3) is 3.14. The minimum absolute atomic E-state index is 0.0408. The lowest BCUT2D eigenvalue weighted by atomic mass is 10.1. The van der Waals surface area contributed by atoms with Gasteiger partial charge in [-0.2, -0.15) is 5.26 Å². The number of benzene rings is 1. The number of piperazine rings is 1. The number of ether oxygens (including phenoxy) is 1. The average molecular weight is 363 g/mol. The Morgan fingerprint density at radius 3 is 2.67 bits per heavy atom. The molecule has 7 heteroatoms. The predicted molar refractivity (Wildman–Crippen MR) is 102 cm³/mol. The molecule has 3 heterocycles. The van der Waals surface area contributed by atoms with Gasteiger partial charge in [0.05, 0.1) is 30.9 Å². The summed E-state index contributed by atoms with van der Waals surface area (Å²) in [6, 6.07) is 7.22. The molecule has 1 fully saturated rings. The van der Waals surface area contributed by atoms with E-state index in [1.165, 1.54) is 0 Å². The van der Waals surface area contributed by atoms with Crippen molar-refractivity contribution >= 4 is 17.3 Å². The van der Waals surface area contributed by atoms with Gasteiger partial charge in [-0.25, -0.2) is 0 Å². The summed E-state index contributed by atoms with van der Waals surface area (Å²) in [7, 11) is 1.59. The van der Waals surface area contributed by atoms with E-state index in [0.717, 1.165) is 36.4 Å². The second-order valence-electron chi connectivity index (χ2n) is 6.67. The maximum absolute atomic E-state index is 13.0. The number of hydrogen-bond donors (Lipinski definition) is 0. The van der Waals surface area contributed by atoms with Gasteiger partial charge in [-0.05, 0) is 24.6 Å². The SMILES string of the molecule is COc1cccc(C(=O)N2CCc3c(N4CCN(C#N)CC4)cncc32)c1. The fourth-order valence-corrected chi connectivity index (χ4v) is 3.74. The number of nitriles is 1. The van der Waals surface area contributed by atoms with Crippen LogP contribution in [0.5, 0.6) is 5.75 Å². The molecule has 0 atom stereocenters. The van der Waals surface area contributed by atoms with Crippen molar-refractivity contribution in [3.8, 4) is 11.9 Å². The number of anilines is 2. The first-order chi connectivity index (χ1) is 13.2. The maximum atomic E-state index is 13.0. The Hall–Kier alpha value is -3.27. The number of amides is 1. The molecule has 0 aliphatic carbocycles. The first-order valence-corrected chi connectivity index (χ1v) is 9.03. The number of carbonyl (C=O) groups is 1. The second kappa shape index (κ2) is 7.16. The largest absolute Gasteiger partial charge is 0.497 e. The van der Waals surface area contributed by atoms with E-state index in [-0.39, 0.29) is 5.91 Å². The molecule has 2 aromatic rings. The van der Waals surface area contributed by atoms with Crippen LogP contribution in [0.4, 0.5) is 11.4 Å². The molecular formula is C20H21N5O2. The van der Waals surface area contributed by atoms with Crippen LogP contribution < -0.4 is 14.5 Å². The average Bonchev–Trinajstić information content (AvgIpc) is 3.17. The van der Waals surface area contributed by atoms with E-state index in [4.69, 9.17) is 10.00 Å². The van der Waals surface area contributed by atoms with Crippen LogP contribution in [0.25, 0.3) is 0 Å². The molecule has 0 saturated carbocycles. The van der Waals surface area contributed by atoms with Crippen LogP contribution in [-0.4, -0.2) is 55.6 Å². The monoisotopic (exact) mass is 363 g/mol. The van der Waals surface area contributed by atoms with Gasteiger partial charge in [0.2, 0.25) is 0 Å². The molecule has 0 N–H and O–H groups in total. The third-order valence-corrected chi connectivity index (χ3v) is 5.21. The number of fused-ring (bicyclic) bond motifs is 1. The molecule has 138 valence electrons. The zero-order chi connectivity index (χ0) is 18.8. The van der Waals surface area contributed by atoms with Crippen LogP contribution in [0.3, 0.4) is 0 Å².